The van der Waals surface area contributed by atoms with E-state index in [9.17, 15) is 4.39 Å². The van der Waals surface area contributed by atoms with E-state index in [1.54, 1.807) is 12.1 Å². The van der Waals surface area contributed by atoms with Crippen LogP contribution < -0.4 is 11.3 Å². The molecule has 4 heteroatoms. The van der Waals surface area contributed by atoms with E-state index in [1.807, 2.05) is 26.0 Å². The standard InChI is InChI=1S/C15H19FN2O/c1-3-13-6-7-15(19-13)14(18-17)9-11-8-12(16)5-4-10(11)2/h4-8,14,18H,3,9,17H2,1-2H3. The molecule has 3 nitrogen and oxygen atoms in total. The number of benzene rings is 1. The molecule has 0 radical (unpaired) electrons. The fraction of sp³-hybridized carbons (Fsp3) is 0.333. The van der Waals surface area contributed by atoms with Gasteiger partial charge < -0.3 is 4.42 Å². The Labute approximate surface area is 112 Å². The highest BCUT2D eigenvalue weighted by molar-refractivity contribution is 5.28. The summed E-state index contributed by atoms with van der Waals surface area (Å²) in [4.78, 5) is 0. The Morgan fingerprint density at radius 3 is 2.74 bits per heavy atom. The highest BCUT2D eigenvalue weighted by Crippen LogP contribution is 2.22. The van der Waals surface area contributed by atoms with E-state index < -0.39 is 0 Å². The largest absolute Gasteiger partial charge is 0.464 e. The molecule has 19 heavy (non-hydrogen) atoms. The van der Waals surface area contributed by atoms with E-state index in [2.05, 4.69) is 5.43 Å². The van der Waals surface area contributed by atoms with E-state index in [4.69, 9.17) is 10.3 Å². The van der Waals surface area contributed by atoms with Crippen molar-refractivity contribution in [2.45, 2.75) is 32.7 Å². The van der Waals surface area contributed by atoms with Gasteiger partial charge in [0, 0.05) is 6.42 Å². The number of aryl methyl sites for hydroxylation is 2. The van der Waals surface area contributed by atoms with Crippen molar-refractivity contribution in [3.05, 3.63) is 58.8 Å². The second-order valence-electron chi connectivity index (χ2n) is 4.65. The maximum atomic E-state index is 13.3. The van der Waals surface area contributed by atoms with Gasteiger partial charge in [-0.25, -0.2) is 9.82 Å². The first-order valence-electron chi connectivity index (χ1n) is 6.43. The number of nitrogens with one attached hydrogen (secondary N) is 1. The van der Waals surface area contributed by atoms with Crippen molar-refractivity contribution in [3.8, 4) is 0 Å². The molecule has 1 heterocycles. The van der Waals surface area contributed by atoms with E-state index in [1.165, 1.54) is 6.07 Å². The minimum atomic E-state index is -0.231. The van der Waals surface area contributed by atoms with Crippen LogP contribution in [-0.2, 0) is 12.8 Å². The molecule has 1 aromatic carbocycles. The molecule has 1 atom stereocenters. The second kappa shape index (κ2) is 5.99. The Kier molecular flexibility index (Phi) is 4.35. The van der Waals surface area contributed by atoms with Gasteiger partial charge >= 0.3 is 0 Å². The van der Waals surface area contributed by atoms with Crippen LogP contribution in [0.15, 0.2) is 34.7 Å². The molecule has 0 fully saturated rings. The quantitative estimate of drug-likeness (QED) is 0.643. The van der Waals surface area contributed by atoms with Gasteiger partial charge in [-0.1, -0.05) is 13.0 Å². The smallest absolute Gasteiger partial charge is 0.123 e. The second-order valence-corrected chi connectivity index (χ2v) is 4.65. The minimum absolute atomic E-state index is 0.152. The number of furan rings is 1. The van der Waals surface area contributed by atoms with Crippen molar-refractivity contribution >= 4 is 0 Å². The number of hydrazine groups is 1. The molecule has 0 amide bonds. The van der Waals surface area contributed by atoms with E-state index in [0.717, 1.165) is 29.1 Å². The highest BCUT2D eigenvalue weighted by atomic mass is 19.1. The molecule has 0 saturated heterocycles. The number of halogens is 1. The minimum Gasteiger partial charge on any atom is -0.464 e. The number of hydrogen-bond donors (Lipinski definition) is 2. The summed E-state index contributed by atoms with van der Waals surface area (Å²) in [5, 5.41) is 0. The van der Waals surface area contributed by atoms with Crippen LogP contribution >= 0.6 is 0 Å². The van der Waals surface area contributed by atoms with Gasteiger partial charge in [0.1, 0.15) is 17.3 Å². The molecule has 0 aliphatic carbocycles. The molecule has 0 saturated carbocycles. The maximum Gasteiger partial charge on any atom is 0.123 e. The van der Waals surface area contributed by atoms with Gasteiger partial charge in [-0.05, 0) is 48.7 Å². The van der Waals surface area contributed by atoms with Crippen molar-refractivity contribution in [2.75, 3.05) is 0 Å². The molecule has 1 unspecified atom stereocenters. The van der Waals surface area contributed by atoms with Gasteiger partial charge in [0.05, 0.1) is 6.04 Å². The summed E-state index contributed by atoms with van der Waals surface area (Å²) in [6.07, 6.45) is 1.44. The Bertz CT molecular complexity index is 551. The van der Waals surface area contributed by atoms with Crippen LogP contribution in [0, 0.1) is 12.7 Å². The third-order valence-corrected chi connectivity index (χ3v) is 3.31. The molecular weight excluding hydrogens is 243 g/mol. The molecule has 1 aromatic heterocycles. The summed E-state index contributed by atoms with van der Waals surface area (Å²) in [6, 6.07) is 8.49. The zero-order valence-corrected chi connectivity index (χ0v) is 11.2. The Morgan fingerprint density at radius 2 is 2.11 bits per heavy atom. The molecule has 0 aliphatic heterocycles. The van der Waals surface area contributed by atoms with Crippen LogP contribution in [0.1, 0.15) is 35.6 Å². The van der Waals surface area contributed by atoms with Crippen LogP contribution in [0.2, 0.25) is 0 Å². The number of hydrogen-bond acceptors (Lipinski definition) is 3. The SMILES string of the molecule is CCc1ccc(C(Cc2cc(F)ccc2C)NN)o1. The van der Waals surface area contributed by atoms with Gasteiger partial charge in [0.15, 0.2) is 0 Å². The van der Waals surface area contributed by atoms with E-state index in [-0.39, 0.29) is 11.9 Å². The zero-order valence-electron chi connectivity index (χ0n) is 11.2. The molecule has 2 rings (SSSR count). The molecule has 0 spiro atoms. The van der Waals surface area contributed by atoms with Crippen LogP contribution in [0.3, 0.4) is 0 Å². The lowest BCUT2D eigenvalue weighted by Crippen LogP contribution is -2.29. The van der Waals surface area contributed by atoms with Gasteiger partial charge in [-0.3, -0.25) is 5.84 Å². The van der Waals surface area contributed by atoms with Crippen molar-refractivity contribution in [1.29, 1.82) is 0 Å². The summed E-state index contributed by atoms with van der Waals surface area (Å²) in [6.45, 7) is 3.99. The lowest BCUT2D eigenvalue weighted by atomic mass is 10.00. The zero-order chi connectivity index (χ0) is 13.8. The summed E-state index contributed by atoms with van der Waals surface area (Å²) >= 11 is 0. The maximum absolute atomic E-state index is 13.3. The monoisotopic (exact) mass is 262 g/mol. The Balaban J connectivity index is 2.21. The first-order chi connectivity index (χ1) is 9.13. The fourth-order valence-electron chi connectivity index (χ4n) is 2.09. The van der Waals surface area contributed by atoms with E-state index in [0.29, 0.717) is 6.42 Å². The van der Waals surface area contributed by atoms with Crippen molar-refractivity contribution in [2.24, 2.45) is 5.84 Å². The number of nitrogens with two attached hydrogens (primary N) is 1. The molecule has 0 bridgehead atoms. The molecular formula is C15H19FN2O. The van der Waals surface area contributed by atoms with Crippen LogP contribution in [-0.4, -0.2) is 0 Å². The summed E-state index contributed by atoms with van der Waals surface area (Å²) in [7, 11) is 0. The topological polar surface area (TPSA) is 51.2 Å². The first kappa shape index (κ1) is 13.8. The molecule has 102 valence electrons. The van der Waals surface area contributed by atoms with Gasteiger partial charge in [-0.15, -0.1) is 0 Å². The first-order valence-corrected chi connectivity index (χ1v) is 6.43. The van der Waals surface area contributed by atoms with Crippen LogP contribution in [0.25, 0.3) is 0 Å². The van der Waals surface area contributed by atoms with Crippen molar-refractivity contribution < 1.29 is 8.81 Å². The van der Waals surface area contributed by atoms with Crippen molar-refractivity contribution in [1.82, 2.24) is 5.43 Å². The lowest BCUT2D eigenvalue weighted by molar-refractivity contribution is 0.395. The van der Waals surface area contributed by atoms with Gasteiger partial charge in [0.2, 0.25) is 0 Å². The average molecular weight is 262 g/mol. The van der Waals surface area contributed by atoms with Crippen molar-refractivity contribution in [3.63, 3.8) is 0 Å². The molecule has 3 N–H and O–H groups in total. The van der Waals surface area contributed by atoms with E-state index >= 15 is 0 Å². The third kappa shape index (κ3) is 3.22. The molecule has 0 aliphatic rings. The predicted octanol–water partition coefficient (Wildman–Crippen LogP) is 3.04. The Hall–Kier alpha value is -1.65. The normalized spacial score (nSPS) is 12.6. The van der Waals surface area contributed by atoms with Gasteiger partial charge in [0.25, 0.3) is 0 Å². The van der Waals surface area contributed by atoms with Crippen LogP contribution in [0.4, 0.5) is 4.39 Å². The summed E-state index contributed by atoms with van der Waals surface area (Å²) < 4.78 is 19.0. The molecule has 2 aromatic rings. The Morgan fingerprint density at radius 1 is 1.32 bits per heavy atom. The lowest BCUT2D eigenvalue weighted by Gasteiger charge is -2.15. The highest BCUT2D eigenvalue weighted by Gasteiger charge is 2.16. The summed E-state index contributed by atoms with van der Waals surface area (Å²) in [5.41, 5.74) is 4.71. The third-order valence-electron chi connectivity index (χ3n) is 3.31. The summed E-state index contributed by atoms with van der Waals surface area (Å²) in [5.74, 6) is 7.06. The number of rotatable bonds is 5. The van der Waals surface area contributed by atoms with Gasteiger partial charge in [-0.2, -0.15) is 0 Å². The predicted molar refractivity (Wildman–Crippen MR) is 73.0 cm³/mol. The van der Waals surface area contributed by atoms with Crippen LogP contribution in [0.5, 0.6) is 0 Å². The average Bonchev–Trinajstić information content (AvgIpc) is 2.88. The fourth-order valence-corrected chi connectivity index (χ4v) is 2.09.